The number of hydrogen-bond acceptors (Lipinski definition) is 4. The molecule has 1 saturated heterocycles. The number of rotatable bonds is 5. The van der Waals surface area contributed by atoms with Gasteiger partial charge in [0.15, 0.2) is 0 Å². The first-order chi connectivity index (χ1) is 10.2. The summed E-state index contributed by atoms with van der Waals surface area (Å²) in [4.78, 5) is 14.7. The standard InChI is InChI=1S/C16H19N3OS/c17-16(20)12-9-13(21-11-12)10-18-14-5-1-2-6-15(14)19-7-3-4-8-19/h1-2,5-6,9,11,18H,3-4,7-8,10H2,(H2,17,20). The third-order valence-corrected chi connectivity index (χ3v) is 4.68. The Labute approximate surface area is 128 Å². The smallest absolute Gasteiger partial charge is 0.249 e. The molecule has 0 unspecified atom stereocenters. The third-order valence-electron chi connectivity index (χ3n) is 3.74. The largest absolute Gasteiger partial charge is 0.378 e. The zero-order valence-electron chi connectivity index (χ0n) is 11.8. The first-order valence-electron chi connectivity index (χ1n) is 7.19. The minimum Gasteiger partial charge on any atom is -0.378 e. The number of anilines is 2. The lowest BCUT2D eigenvalue weighted by Crippen LogP contribution is -2.19. The van der Waals surface area contributed by atoms with E-state index in [-0.39, 0.29) is 5.91 Å². The molecule has 1 aliphatic rings. The molecule has 21 heavy (non-hydrogen) atoms. The molecule has 1 aromatic carbocycles. The van der Waals surface area contributed by atoms with Crippen LogP contribution >= 0.6 is 11.3 Å². The monoisotopic (exact) mass is 301 g/mol. The molecular formula is C16H19N3OS. The molecule has 1 amide bonds. The van der Waals surface area contributed by atoms with Crippen LogP contribution in [0, 0.1) is 0 Å². The van der Waals surface area contributed by atoms with Crippen molar-refractivity contribution in [3.05, 3.63) is 46.2 Å². The fourth-order valence-corrected chi connectivity index (χ4v) is 3.45. The summed E-state index contributed by atoms with van der Waals surface area (Å²) in [5.74, 6) is -0.366. The summed E-state index contributed by atoms with van der Waals surface area (Å²) in [5, 5.41) is 5.29. The van der Waals surface area contributed by atoms with Gasteiger partial charge < -0.3 is 16.0 Å². The van der Waals surface area contributed by atoms with Crippen molar-refractivity contribution >= 4 is 28.6 Å². The van der Waals surface area contributed by atoms with Crippen LogP contribution in [0.5, 0.6) is 0 Å². The van der Waals surface area contributed by atoms with Gasteiger partial charge in [-0.25, -0.2) is 0 Å². The van der Waals surface area contributed by atoms with Crippen LogP contribution in [0.2, 0.25) is 0 Å². The lowest BCUT2D eigenvalue weighted by atomic mass is 10.2. The van der Waals surface area contributed by atoms with Gasteiger partial charge in [0.2, 0.25) is 5.91 Å². The highest BCUT2D eigenvalue weighted by Gasteiger charge is 2.15. The average Bonchev–Trinajstić information content (AvgIpc) is 3.17. The van der Waals surface area contributed by atoms with Crippen LogP contribution in [0.3, 0.4) is 0 Å². The summed E-state index contributed by atoms with van der Waals surface area (Å²) < 4.78 is 0. The molecule has 0 radical (unpaired) electrons. The van der Waals surface area contributed by atoms with Gasteiger partial charge in [0.1, 0.15) is 0 Å². The maximum Gasteiger partial charge on any atom is 0.249 e. The fourth-order valence-electron chi connectivity index (χ4n) is 2.64. The predicted octanol–water partition coefficient (Wildman–Crippen LogP) is 3.06. The van der Waals surface area contributed by atoms with Gasteiger partial charge in [-0.3, -0.25) is 4.79 Å². The lowest BCUT2D eigenvalue weighted by Gasteiger charge is -2.21. The van der Waals surface area contributed by atoms with Crippen molar-refractivity contribution < 1.29 is 4.79 Å². The molecule has 0 aliphatic carbocycles. The topological polar surface area (TPSA) is 58.4 Å². The molecule has 1 aromatic heterocycles. The van der Waals surface area contributed by atoms with Gasteiger partial charge in [-0.05, 0) is 31.0 Å². The number of nitrogens with zero attached hydrogens (tertiary/aromatic N) is 1. The maximum absolute atomic E-state index is 11.1. The molecule has 0 spiro atoms. The van der Waals surface area contributed by atoms with E-state index in [0.29, 0.717) is 12.1 Å². The predicted molar refractivity (Wildman–Crippen MR) is 88.1 cm³/mol. The number of carbonyl (C=O) groups excluding carboxylic acids is 1. The molecule has 4 nitrogen and oxygen atoms in total. The summed E-state index contributed by atoms with van der Waals surface area (Å²) in [6.07, 6.45) is 2.53. The molecule has 1 aliphatic heterocycles. The highest BCUT2D eigenvalue weighted by molar-refractivity contribution is 7.10. The summed E-state index contributed by atoms with van der Waals surface area (Å²) in [7, 11) is 0. The minimum atomic E-state index is -0.366. The van der Waals surface area contributed by atoms with E-state index in [1.807, 2.05) is 17.5 Å². The number of thiophene rings is 1. The summed E-state index contributed by atoms with van der Waals surface area (Å²) in [6, 6.07) is 10.3. The van der Waals surface area contributed by atoms with Crippen LogP contribution in [-0.4, -0.2) is 19.0 Å². The fraction of sp³-hybridized carbons (Fsp3) is 0.312. The van der Waals surface area contributed by atoms with E-state index in [9.17, 15) is 4.79 Å². The van der Waals surface area contributed by atoms with Gasteiger partial charge in [0.25, 0.3) is 0 Å². The molecule has 2 heterocycles. The second-order valence-electron chi connectivity index (χ2n) is 5.23. The Morgan fingerprint density at radius 2 is 2.05 bits per heavy atom. The zero-order chi connectivity index (χ0) is 14.7. The molecule has 3 N–H and O–H groups in total. The minimum absolute atomic E-state index is 0.366. The summed E-state index contributed by atoms with van der Waals surface area (Å²) in [6.45, 7) is 2.97. The molecule has 1 fully saturated rings. The first kappa shape index (κ1) is 13.9. The Kier molecular flexibility index (Phi) is 4.10. The number of hydrogen-bond donors (Lipinski definition) is 2. The molecular weight excluding hydrogens is 282 g/mol. The van der Waals surface area contributed by atoms with Crippen molar-refractivity contribution in [2.75, 3.05) is 23.3 Å². The SMILES string of the molecule is NC(=O)c1csc(CNc2ccccc2N2CCCC2)c1. The van der Waals surface area contributed by atoms with Crippen LogP contribution in [0.15, 0.2) is 35.7 Å². The molecule has 2 aromatic rings. The molecule has 3 rings (SSSR count). The van der Waals surface area contributed by atoms with E-state index < -0.39 is 0 Å². The van der Waals surface area contributed by atoms with Crippen LogP contribution in [0.4, 0.5) is 11.4 Å². The average molecular weight is 301 g/mol. The van der Waals surface area contributed by atoms with E-state index in [1.54, 1.807) is 11.3 Å². The van der Waals surface area contributed by atoms with E-state index in [0.717, 1.165) is 23.7 Å². The highest BCUT2D eigenvalue weighted by atomic mass is 32.1. The van der Waals surface area contributed by atoms with Crippen LogP contribution in [0.25, 0.3) is 0 Å². The Balaban J connectivity index is 1.71. The van der Waals surface area contributed by atoms with Crippen molar-refractivity contribution in [1.29, 1.82) is 0 Å². The number of nitrogens with one attached hydrogen (secondary N) is 1. The Morgan fingerprint density at radius 1 is 1.29 bits per heavy atom. The molecule has 0 saturated carbocycles. The van der Waals surface area contributed by atoms with Crippen LogP contribution < -0.4 is 16.0 Å². The summed E-state index contributed by atoms with van der Waals surface area (Å²) in [5.41, 5.74) is 8.28. The number of benzene rings is 1. The van der Waals surface area contributed by atoms with Crippen molar-refractivity contribution in [3.8, 4) is 0 Å². The van der Waals surface area contributed by atoms with Gasteiger partial charge in [-0.2, -0.15) is 0 Å². The van der Waals surface area contributed by atoms with E-state index in [4.69, 9.17) is 5.73 Å². The number of primary amides is 1. The molecule has 0 bridgehead atoms. The Bertz CT molecular complexity index is 632. The number of carbonyl (C=O) groups is 1. The van der Waals surface area contributed by atoms with Crippen molar-refractivity contribution in [1.82, 2.24) is 0 Å². The second kappa shape index (κ2) is 6.18. The van der Waals surface area contributed by atoms with E-state index in [2.05, 4.69) is 28.4 Å². The highest BCUT2D eigenvalue weighted by Crippen LogP contribution is 2.29. The van der Waals surface area contributed by atoms with Gasteiger partial charge >= 0.3 is 0 Å². The van der Waals surface area contributed by atoms with Crippen LogP contribution in [0.1, 0.15) is 28.1 Å². The van der Waals surface area contributed by atoms with E-state index >= 15 is 0 Å². The molecule has 110 valence electrons. The van der Waals surface area contributed by atoms with Crippen molar-refractivity contribution in [2.45, 2.75) is 19.4 Å². The normalized spacial score (nSPS) is 14.4. The molecule has 0 atom stereocenters. The van der Waals surface area contributed by atoms with Gasteiger partial charge in [-0.1, -0.05) is 12.1 Å². The number of amides is 1. The van der Waals surface area contributed by atoms with E-state index in [1.165, 1.54) is 18.5 Å². The second-order valence-corrected chi connectivity index (χ2v) is 6.23. The number of nitrogens with two attached hydrogens (primary N) is 1. The van der Waals surface area contributed by atoms with Crippen LogP contribution in [-0.2, 0) is 6.54 Å². The third kappa shape index (κ3) is 3.19. The Hall–Kier alpha value is -2.01. The van der Waals surface area contributed by atoms with Gasteiger partial charge in [0.05, 0.1) is 16.9 Å². The van der Waals surface area contributed by atoms with Crippen molar-refractivity contribution in [3.63, 3.8) is 0 Å². The quantitative estimate of drug-likeness (QED) is 0.892. The Morgan fingerprint density at radius 3 is 2.76 bits per heavy atom. The first-order valence-corrected chi connectivity index (χ1v) is 8.07. The maximum atomic E-state index is 11.1. The molecule has 5 heteroatoms. The van der Waals surface area contributed by atoms with Crippen molar-refractivity contribution in [2.24, 2.45) is 5.73 Å². The van der Waals surface area contributed by atoms with Gasteiger partial charge in [-0.15, -0.1) is 11.3 Å². The zero-order valence-corrected chi connectivity index (χ0v) is 12.7. The number of para-hydroxylation sites is 2. The lowest BCUT2D eigenvalue weighted by molar-refractivity contribution is 0.100. The van der Waals surface area contributed by atoms with Gasteiger partial charge in [0, 0.05) is 29.9 Å². The summed E-state index contributed by atoms with van der Waals surface area (Å²) >= 11 is 1.56.